The molecule has 3 rings (SSSR count). The number of nitrogens with one attached hydrogen (secondary N) is 1. The van der Waals surface area contributed by atoms with Gasteiger partial charge >= 0.3 is 0 Å². The Labute approximate surface area is 137 Å². The predicted molar refractivity (Wildman–Crippen MR) is 90.9 cm³/mol. The molecule has 1 aliphatic heterocycles. The fourth-order valence-electron chi connectivity index (χ4n) is 3.36. The number of nitrogens with two attached hydrogens (primary N) is 1. The van der Waals surface area contributed by atoms with E-state index in [2.05, 4.69) is 5.32 Å². The first-order chi connectivity index (χ1) is 10.9. The van der Waals surface area contributed by atoms with Crippen LogP contribution in [0.2, 0.25) is 0 Å². The molecule has 1 aromatic rings. The van der Waals surface area contributed by atoms with Gasteiger partial charge in [0.25, 0.3) is 0 Å². The minimum absolute atomic E-state index is 0.0305. The van der Waals surface area contributed by atoms with Crippen LogP contribution in [-0.4, -0.2) is 32.7 Å². The normalized spacial score (nSPS) is 26.4. The summed E-state index contributed by atoms with van der Waals surface area (Å²) in [4.78, 5) is 12.3. The Morgan fingerprint density at radius 3 is 2.74 bits per heavy atom. The average molecular weight is 337 g/mol. The van der Waals surface area contributed by atoms with Crippen molar-refractivity contribution in [2.24, 2.45) is 11.7 Å². The molecule has 7 heteroatoms. The number of carbonyl (C=O) groups is 1. The second-order valence-corrected chi connectivity index (χ2v) is 8.52. The Bertz CT molecular complexity index is 717. The van der Waals surface area contributed by atoms with Gasteiger partial charge in [-0.05, 0) is 50.3 Å². The molecule has 0 bridgehead atoms. The van der Waals surface area contributed by atoms with Crippen LogP contribution >= 0.6 is 0 Å². The molecule has 6 nitrogen and oxygen atoms in total. The minimum Gasteiger partial charge on any atom is -0.328 e. The van der Waals surface area contributed by atoms with E-state index in [0.717, 1.165) is 18.4 Å². The molecule has 1 aliphatic carbocycles. The molecule has 1 saturated carbocycles. The molecule has 1 aromatic carbocycles. The van der Waals surface area contributed by atoms with Crippen LogP contribution in [0.25, 0.3) is 0 Å². The molecule has 23 heavy (non-hydrogen) atoms. The summed E-state index contributed by atoms with van der Waals surface area (Å²) >= 11 is 0. The second kappa shape index (κ2) is 6.13. The van der Waals surface area contributed by atoms with E-state index >= 15 is 0 Å². The van der Waals surface area contributed by atoms with Crippen molar-refractivity contribution < 1.29 is 13.2 Å². The standard InChI is InChI=1S/C16H23N3O3S/c1-11-3-6-14(18-16(20)12-4-5-13(17)9-12)10-15(11)19-7-2-8-23(19,21)22/h3,6,10,12-13H,2,4-5,7-9,17H2,1H3,(H,18,20). The Morgan fingerprint density at radius 2 is 2.13 bits per heavy atom. The maximum atomic E-state index is 12.3. The van der Waals surface area contributed by atoms with E-state index in [0.29, 0.717) is 30.8 Å². The van der Waals surface area contributed by atoms with Gasteiger partial charge in [-0.2, -0.15) is 0 Å². The summed E-state index contributed by atoms with van der Waals surface area (Å²) in [6.07, 6.45) is 3.04. The van der Waals surface area contributed by atoms with Gasteiger partial charge in [0.15, 0.2) is 0 Å². The van der Waals surface area contributed by atoms with Gasteiger partial charge in [-0.1, -0.05) is 6.07 Å². The van der Waals surface area contributed by atoms with Crippen molar-refractivity contribution in [2.75, 3.05) is 21.9 Å². The molecule has 0 spiro atoms. The molecule has 2 unspecified atom stereocenters. The summed E-state index contributed by atoms with van der Waals surface area (Å²) in [5.74, 6) is 0.102. The van der Waals surface area contributed by atoms with Crippen LogP contribution in [0.1, 0.15) is 31.2 Å². The third kappa shape index (κ3) is 3.35. The van der Waals surface area contributed by atoms with Gasteiger partial charge in [0.2, 0.25) is 15.9 Å². The van der Waals surface area contributed by atoms with E-state index in [-0.39, 0.29) is 23.6 Å². The van der Waals surface area contributed by atoms with Gasteiger partial charge < -0.3 is 11.1 Å². The van der Waals surface area contributed by atoms with Crippen LogP contribution in [0.5, 0.6) is 0 Å². The van der Waals surface area contributed by atoms with Crippen LogP contribution in [0.3, 0.4) is 0 Å². The Morgan fingerprint density at radius 1 is 1.35 bits per heavy atom. The molecule has 1 amide bonds. The van der Waals surface area contributed by atoms with Crippen molar-refractivity contribution in [3.63, 3.8) is 0 Å². The number of nitrogens with zero attached hydrogens (tertiary/aromatic N) is 1. The number of anilines is 2. The number of amides is 1. The van der Waals surface area contributed by atoms with Crippen molar-refractivity contribution in [3.8, 4) is 0 Å². The largest absolute Gasteiger partial charge is 0.328 e. The summed E-state index contributed by atoms with van der Waals surface area (Å²) in [5, 5.41) is 2.91. The molecule has 0 radical (unpaired) electrons. The van der Waals surface area contributed by atoms with Crippen LogP contribution < -0.4 is 15.4 Å². The van der Waals surface area contributed by atoms with Crippen molar-refractivity contribution >= 4 is 27.3 Å². The quantitative estimate of drug-likeness (QED) is 0.876. The molecule has 1 saturated heterocycles. The van der Waals surface area contributed by atoms with Crippen LogP contribution in [0.4, 0.5) is 11.4 Å². The SMILES string of the molecule is Cc1ccc(NC(=O)C2CCC(N)C2)cc1N1CCCS1(=O)=O. The molecule has 1 heterocycles. The molecule has 2 atom stereocenters. The summed E-state index contributed by atoms with van der Waals surface area (Å²) in [7, 11) is -3.23. The summed E-state index contributed by atoms with van der Waals surface area (Å²) in [6, 6.07) is 5.52. The Kier molecular flexibility index (Phi) is 4.33. The van der Waals surface area contributed by atoms with E-state index in [1.807, 2.05) is 19.1 Å². The van der Waals surface area contributed by atoms with Crippen molar-refractivity contribution in [2.45, 2.75) is 38.6 Å². The molecule has 2 fully saturated rings. The van der Waals surface area contributed by atoms with Crippen molar-refractivity contribution in [1.82, 2.24) is 0 Å². The first kappa shape index (κ1) is 16.3. The zero-order valence-electron chi connectivity index (χ0n) is 13.3. The van der Waals surface area contributed by atoms with Crippen molar-refractivity contribution in [1.29, 1.82) is 0 Å². The lowest BCUT2D eigenvalue weighted by molar-refractivity contribution is -0.119. The second-order valence-electron chi connectivity index (χ2n) is 6.50. The highest BCUT2D eigenvalue weighted by Gasteiger charge is 2.30. The first-order valence-corrected chi connectivity index (χ1v) is 9.65. The van der Waals surface area contributed by atoms with E-state index in [4.69, 9.17) is 5.73 Å². The zero-order valence-corrected chi connectivity index (χ0v) is 14.1. The third-order valence-electron chi connectivity index (χ3n) is 4.69. The van der Waals surface area contributed by atoms with Gasteiger partial charge in [-0.25, -0.2) is 8.42 Å². The lowest BCUT2D eigenvalue weighted by atomic mass is 10.1. The van der Waals surface area contributed by atoms with Gasteiger partial charge in [-0.3, -0.25) is 9.10 Å². The Hall–Kier alpha value is -1.60. The lowest BCUT2D eigenvalue weighted by Crippen LogP contribution is -2.26. The predicted octanol–water partition coefficient (Wildman–Crippen LogP) is 1.60. The third-order valence-corrected chi connectivity index (χ3v) is 6.54. The summed E-state index contributed by atoms with van der Waals surface area (Å²) < 4.78 is 25.7. The number of benzene rings is 1. The van der Waals surface area contributed by atoms with Crippen LogP contribution in [0, 0.1) is 12.8 Å². The highest BCUT2D eigenvalue weighted by molar-refractivity contribution is 7.93. The number of hydrogen-bond acceptors (Lipinski definition) is 4. The molecule has 2 aliphatic rings. The number of carbonyl (C=O) groups excluding carboxylic acids is 1. The highest BCUT2D eigenvalue weighted by Crippen LogP contribution is 2.31. The first-order valence-electron chi connectivity index (χ1n) is 8.04. The lowest BCUT2D eigenvalue weighted by Gasteiger charge is -2.20. The van der Waals surface area contributed by atoms with Crippen LogP contribution in [-0.2, 0) is 14.8 Å². The number of sulfonamides is 1. The van der Waals surface area contributed by atoms with E-state index in [1.165, 1.54) is 4.31 Å². The molecule has 0 aromatic heterocycles. The van der Waals surface area contributed by atoms with Gasteiger partial charge in [0.1, 0.15) is 0 Å². The zero-order chi connectivity index (χ0) is 16.6. The van der Waals surface area contributed by atoms with E-state index in [9.17, 15) is 13.2 Å². The average Bonchev–Trinajstić information content (AvgIpc) is 3.06. The summed E-state index contributed by atoms with van der Waals surface area (Å²) in [6.45, 7) is 2.38. The highest BCUT2D eigenvalue weighted by atomic mass is 32.2. The van der Waals surface area contributed by atoms with E-state index in [1.54, 1.807) is 6.07 Å². The number of hydrogen-bond donors (Lipinski definition) is 2. The van der Waals surface area contributed by atoms with Gasteiger partial charge in [-0.15, -0.1) is 0 Å². The maximum absolute atomic E-state index is 12.3. The molecular formula is C16H23N3O3S. The summed E-state index contributed by atoms with van der Waals surface area (Å²) in [5.41, 5.74) is 8.04. The monoisotopic (exact) mass is 337 g/mol. The Balaban J connectivity index is 1.79. The van der Waals surface area contributed by atoms with Gasteiger partial charge in [0, 0.05) is 24.2 Å². The smallest absolute Gasteiger partial charge is 0.235 e. The molecule has 126 valence electrons. The van der Waals surface area contributed by atoms with Crippen molar-refractivity contribution in [3.05, 3.63) is 23.8 Å². The van der Waals surface area contributed by atoms with Crippen LogP contribution in [0.15, 0.2) is 18.2 Å². The molecular weight excluding hydrogens is 314 g/mol. The fraction of sp³-hybridized carbons (Fsp3) is 0.562. The van der Waals surface area contributed by atoms with E-state index < -0.39 is 10.0 Å². The number of aryl methyl sites for hydroxylation is 1. The van der Waals surface area contributed by atoms with Gasteiger partial charge in [0.05, 0.1) is 11.4 Å². The topological polar surface area (TPSA) is 92.5 Å². The molecule has 3 N–H and O–H groups in total. The minimum atomic E-state index is -3.23. The maximum Gasteiger partial charge on any atom is 0.235 e. The fourth-order valence-corrected chi connectivity index (χ4v) is 4.98. The number of rotatable bonds is 3.